The zero-order valence-electron chi connectivity index (χ0n) is 10.5. The van der Waals surface area contributed by atoms with E-state index in [1.807, 2.05) is 19.1 Å². The molecule has 5 nitrogen and oxygen atoms in total. The number of hydrogen-bond acceptors (Lipinski definition) is 5. The van der Waals surface area contributed by atoms with E-state index < -0.39 is 0 Å². The Morgan fingerprint density at radius 3 is 2.89 bits per heavy atom. The quantitative estimate of drug-likeness (QED) is 0.704. The first-order valence-electron chi connectivity index (χ1n) is 5.73. The Balaban J connectivity index is 2.23. The van der Waals surface area contributed by atoms with E-state index >= 15 is 0 Å². The summed E-state index contributed by atoms with van der Waals surface area (Å²) < 4.78 is 5.43. The van der Waals surface area contributed by atoms with Gasteiger partial charge in [-0.2, -0.15) is 0 Å². The highest BCUT2D eigenvalue weighted by Gasteiger charge is 2.14. The predicted molar refractivity (Wildman–Crippen MR) is 75.7 cm³/mol. The SMILES string of the molecule is COc1c(-c2nc3cncnc3[nH]2)ccc(C)c1S. The van der Waals surface area contributed by atoms with Gasteiger partial charge in [0.1, 0.15) is 23.4 Å². The second-order valence-corrected chi connectivity index (χ2v) is 4.60. The van der Waals surface area contributed by atoms with Crippen LogP contribution in [0.4, 0.5) is 0 Å². The third-order valence-corrected chi connectivity index (χ3v) is 3.51. The van der Waals surface area contributed by atoms with Crippen molar-refractivity contribution in [3.05, 3.63) is 30.2 Å². The summed E-state index contributed by atoms with van der Waals surface area (Å²) in [6, 6.07) is 3.94. The number of thiol groups is 1. The maximum absolute atomic E-state index is 5.43. The lowest BCUT2D eigenvalue weighted by Gasteiger charge is -2.10. The Hall–Kier alpha value is -2.08. The average Bonchev–Trinajstić information content (AvgIpc) is 2.85. The van der Waals surface area contributed by atoms with Crippen molar-refractivity contribution >= 4 is 23.8 Å². The van der Waals surface area contributed by atoms with E-state index in [0.29, 0.717) is 17.2 Å². The van der Waals surface area contributed by atoms with E-state index in [4.69, 9.17) is 4.74 Å². The van der Waals surface area contributed by atoms with Gasteiger partial charge in [-0.3, -0.25) is 0 Å². The average molecular weight is 272 g/mol. The number of aromatic amines is 1. The van der Waals surface area contributed by atoms with Gasteiger partial charge in [0.2, 0.25) is 0 Å². The summed E-state index contributed by atoms with van der Waals surface area (Å²) in [7, 11) is 1.63. The first kappa shape index (κ1) is 12.0. The van der Waals surface area contributed by atoms with Gasteiger partial charge in [-0.1, -0.05) is 6.07 Å². The summed E-state index contributed by atoms with van der Waals surface area (Å²) in [6.45, 7) is 1.98. The fourth-order valence-electron chi connectivity index (χ4n) is 1.95. The van der Waals surface area contributed by atoms with Crippen molar-refractivity contribution in [2.24, 2.45) is 0 Å². The molecule has 0 saturated carbocycles. The van der Waals surface area contributed by atoms with Crippen molar-refractivity contribution in [2.45, 2.75) is 11.8 Å². The zero-order chi connectivity index (χ0) is 13.4. The number of benzene rings is 1. The highest BCUT2D eigenvalue weighted by Crippen LogP contribution is 2.36. The molecule has 0 amide bonds. The molecule has 0 saturated heterocycles. The van der Waals surface area contributed by atoms with Crippen molar-refractivity contribution in [1.82, 2.24) is 19.9 Å². The standard InChI is InChI=1S/C13H12N4OS/c1-7-3-4-8(10(18-2)11(7)19)12-16-9-5-14-6-15-13(9)17-12/h3-6,19H,1-2H3,(H,14,15,16,17). The monoisotopic (exact) mass is 272 g/mol. The van der Waals surface area contributed by atoms with E-state index in [9.17, 15) is 0 Å². The Kier molecular flexibility index (Phi) is 2.87. The maximum Gasteiger partial charge on any atom is 0.161 e. The van der Waals surface area contributed by atoms with Gasteiger partial charge in [0.15, 0.2) is 5.65 Å². The molecule has 1 aromatic carbocycles. The van der Waals surface area contributed by atoms with E-state index in [1.54, 1.807) is 13.3 Å². The van der Waals surface area contributed by atoms with Gasteiger partial charge in [-0.15, -0.1) is 12.6 Å². The number of nitrogens with zero attached hydrogens (tertiary/aromatic N) is 3. The zero-order valence-corrected chi connectivity index (χ0v) is 11.4. The normalized spacial score (nSPS) is 10.9. The van der Waals surface area contributed by atoms with Crippen LogP contribution in [-0.2, 0) is 0 Å². The minimum absolute atomic E-state index is 0.697. The van der Waals surface area contributed by atoms with E-state index in [1.165, 1.54) is 6.33 Å². The van der Waals surface area contributed by atoms with Gasteiger partial charge in [0, 0.05) is 4.90 Å². The lowest BCUT2D eigenvalue weighted by atomic mass is 10.1. The largest absolute Gasteiger partial charge is 0.495 e. The smallest absolute Gasteiger partial charge is 0.161 e. The number of aromatic nitrogens is 4. The molecular formula is C13H12N4OS. The van der Waals surface area contributed by atoms with Crippen LogP contribution in [-0.4, -0.2) is 27.0 Å². The second-order valence-electron chi connectivity index (χ2n) is 4.15. The van der Waals surface area contributed by atoms with Gasteiger partial charge in [0.05, 0.1) is 18.9 Å². The molecule has 0 aliphatic carbocycles. The summed E-state index contributed by atoms with van der Waals surface area (Å²) in [5.74, 6) is 1.40. The van der Waals surface area contributed by atoms with Gasteiger partial charge < -0.3 is 9.72 Å². The number of aryl methyl sites for hydroxylation is 1. The first-order chi connectivity index (χ1) is 9.20. The lowest BCUT2D eigenvalue weighted by molar-refractivity contribution is 0.406. The Labute approximate surface area is 115 Å². The number of ether oxygens (including phenoxy) is 1. The fraction of sp³-hybridized carbons (Fsp3) is 0.154. The molecule has 3 rings (SSSR count). The molecule has 1 N–H and O–H groups in total. The molecule has 0 aliphatic rings. The minimum atomic E-state index is 0.697. The summed E-state index contributed by atoms with van der Waals surface area (Å²) in [5.41, 5.74) is 3.34. The number of hydrogen-bond donors (Lipinski definition) is 2. The van der Waals surface area contributed by atoms with Crippen LogP contribution in [0.25, 0.3) is 22.6 Å². The summed E-state index contributed by atoms with van der Waals surface area (Å²) in [5, 5.41) is 0. The molecule has 3 aromatic rings. The highest BCUT2D eigenvalue weighted by atomic mass is 32.1. The molecule has 6 heteroatoms. The topological polar surface area (TPSA) is 63.7 Å². The van der Waals surface area contributed by atoms with Crippen molar-refractivity contribution in [3.8, 4) is 17.1 Å². The third kappa shape index (κ3) is 1.94. The Morgan fingerprint density at radius 1 is 1.32 bits per heavy atom. The minimum Gasteiger partial charge on any atom is -0.495 e. The molecule has 0 radical (unpaired) electrons. The molecule has 0 bridgehead atoms. The van der Waals surface area contributed by atoms with Crippen LogP contribution in [0.1, 0.15) is 5.56 Å². The number of nitrogens with one attached hydrogen (secondary N) is 1. The molecule has 0 atom stereocenters. The Bertz CT molecular complexity index is 720. The van der Waals surface area contributed by atoms with Crippen LogP contribution in [0, 0.1) is 6.92 Å². The van der Waals surface area contributed by atoms with Crippen molar-refractivity contribution in [1.29, 1.82) is 0 Å². The predicted octanol–water partition coefficient (Wildman–Crippen LogP) is 2.63. The number of rotatable bonds is 2. The van der Waals surface area contributed by atoms with Crippen LogP contribution in [0.3, 0.4) is 0 Å². The van der Waals surface area contributed by atoms with Crippen LogP contribution in [0.2, 0.25) is 0 Å². The summed E-state index contributed by atoms with van der Waals surface area (Å²) in [4.78, 5) is 16.5. The number of imidazole rings is 1. The van der Waals surface area contributed by atoms with Gasteiger partial charge in [0.25, 0.3) is 0 Å². The Morgan fingerprint density at radius 2 is 2.16 bits per heavy atom. The molecule has 2 aromatic heterocycles. The van der Waals surface area contributed by atoms with Gasteiger partial charge in [-0.05, 0) is 18.6 Å². The van der Waals surface area contributed by atoms with Crippen LogP contribution < -0.4 is 4.74 Å². The third-order valence-electron chi connectivity index (χ3n) is 2.95. The fourth-order valence-corrected chi connectivity index (χ4v) is 2.24. The highest BCUT2D eigenvalue weighted by molar-refractivity contribution is 7.80. The number of fused-ring (bicyclic) bond motifs is 1. The first-order valence-corrected chi connectivity index (χ1v) is 6.18. The number of H-pyrrole nitrogens is 1. The molecule has 0 aliphatic heterocycles. The van der Waals surface area contributed by atoms with Crippen molar-refractivity contribution < 1.29 is 4.74 Å². The number of methoxy groups -OCH3 is 1. The van der Waals surface area contributed by atoms with Crippen molar-refractivity contribution in [2.75, 3.05) is 7.11 Å². The van der Waals surface area contributed by atoms with Gasteiger partial charge >= 0.3 is 0 Å². The molecule has 0 unspecified atom stereocenters. The van der Waals surface area contributed by atoms with E-state index in [-0.39, 0.29) is 0 Å². The van der Waals surface area contributed by atoms with Gasteiger partial charge in [-0.25, -0.2) is 15.0 Å². The van der Waals surface area contributed by atoms with Crippen LogP contribution in [0.5, 0.6) is 5.75 Å². The second kappa shape index (κ2) is 4.55. The molecule has 2 heterocycles. The maximum atomic E-state index is 5.43. The molecule has 19 heavy (non-hydrogen) atoms. The lowest BCUT2D eigenvalue weighted by Crippen LogP contribution is -1.92. The van der Waals surface area contributed by atoms with Crippen LogP contribution >= 0.6 is 12.6 Å². The summed E-state index contributed by atoms with van der Waals surface area (Å²) >= 11 is 4.48. The summed E-state index contributed by atoms with van der Waals surface area (Å²) in [6.07, 6.45) is 3.16. The molecule has 96 valence electrons. The molecular weight excluding hydrogens is 260 g/mol. The molecule has 0 spiro atoms. The molecule has 0 fully saturated rings. The van der Waals surface area contributed by atoms with Crippen molar-refractivity contribution in [3.63, 3.8) is 0 Å². The van der Waals surface area contributed by atoms with Crippen LogP contribution in [0.15, 0.2) is 29.6 Å². The van der Waals surface area contributed by atoms with E-state index in [2.05, 4.69) is 32.6 Å². The van der Waals surface area contributed by atoms with E-state index in [0.717, 1.165) is 21.5 Å².